The van der Waals surface area contributed by atoms with E-state index in [0.717, 1.165) is 4.88 Å². The maximum atomic E-state index is 12.6. The number of hydrogen-bond acceptors (Lipinski definition) is 1. The van der Waals surface area contributed by atoms with Crippen molar-refractivity contribution in [3.05, 3.63) is 21.9 Å². The summed E-state index contributed by atoms with van der Waals surface area (Å²) in [4.78, 5) is 2.20. The van der Waals surface area contributed by atoms with Gasteiger partial charge in [-0.05, 0) is 25.0 Å². The molecule has 0 bridgehead atoms. The summed E-state index contributed by atoms with van der Waals surface area (Å²) in [7, 11) is 0. The minimum absolute atomic E-state index is 0.0512. The molecule has 0 saturated heterocycles. The average molecular weight is 237 g/mol. The molecule has 1 fully saturated rings. The standard InChI is InChI=1S/C10H11ClF2S/c1-6-2-3-8(14-6)9(11)7-4-10(12,13)5-7/h2-3,7,9H,4-5H2,1H3. The number of rotatable bonds is 2. The van der Waals surface area contributed by atoms with Gasteiger partial charge in [0.15, 0.2) is 0 Å². The lowest BCUT2D eigenvalue weighted by molar-refractivity contribution is -0.110. The Kier molecular flexibility index (Phi) is 2.56. The molecule has 0 aliphatic heterocycles. The number of hydrogen-bond donors (Lipinski definition) is 0. The summed E-state index contributed by atoms with van der Waals surface area (Å²) in [6.45, 7) is 1.99. The molecule has 1 saturated carbocycles. The van der Waals surface area contributed by atoms with Gasteiger partial charge in [0.25, 0.3) is 0 Å². The Labute approximate surface area is 90.9 Å². The Bertz CT molecular complexity index is 327. The first-order valence-corrected chi connectivity index (χ1v) is 5.81. The highest BCUT2D eigenvalue weighted by atomic mass is 35.5. The Balaban J connectivity index is 2.00. The van der Waals surface area contributed by atoms with Crippen LogP contribution in [-0.2, 0) is 0 Å². The van der Waals surface area contributed by atoms with Crippen LogP contribution >= 0.6 is 22.9 Å². The van der Waals surface area contributed by atoms with E-state index in [1.54, 1.807) is 11.3 Å². The van der Waals surface area contributed by atoms with E-state index in [0.29, 0.717) is 0 Å². The normalized spacial score (nSPS) is 23.1. The lowest BCUT2D eigenvalue weighted by Gasteiger charge is -2.37. The van der Waals surface area contributed by atoms with Crippen molar-refractivity contribution < 1.29 is 8.78 Å². The smallest absolute Gasteiger partial charge is 0.207 e. The van der Waals surface area contributed by atoms with Gasteiger partial charge in [-0.25, -0.2) is 8.78 Å². The molecule has 1 aromatic rings. The third kappa shape index (κ3) is 1.94. The second-order valence-corrected chi connectivity index (χ2v) is 5.66. The summed E-state index contributed by atoms with van der Waals surface area (Å²) < 4.78 is 25.2. The van der Waals surface area contributed by atoms with Crippen molar-refractivity contribution in [3.63, 3.8) is 0 Å². The molecule has 0 nitrogen and oxygen atoms in total. The molecule has 2 rings (SSSR count). The molecule has 0 radical (unpaired) electrons. The van der Waals surface area contributed by atoms with E-state index in [2.05, 4.69) is 0 Å². The quantitative estimate of drug-likeness (QED) is 0.669. The molecule has 4 heteroatoms. The van der Waals surface area contributed by atoms with E-state index >= 15 is 0 Å². The Hall–Kier alpha value is -0.150. The number of aryl methyl sites for hydroxylation is 1. The highest BCUT2D eigenvalue weighted by Crippen LogP contribution is 2.51. The van der Waals surface area contributed by atoms with Gasteiger partial charge in [0.1, 0.15) is 0 Å². The Morgan fingerprint density at radius 3 is 2.57 bits per heavy atom. The van der Waals surface area contributed by atoms with Gasteiger partial charge >= 0.3 is 0 Å². The molecule has 0 aromatic carbocycles. The van der Waals surface area contributed by atoms with E-state index in [1.807, 2.05) is 19.1 Å². The summed E-state index contributed by atoms with van der Waals surface area (Å²) in [5.74, 6) is -2.52. The van der Waals surface area contributed by atoms with Gasteiger partial charge in [-0.3, -0.25) is 0 Å². The van der Waals surface area contributed by atoms with Gasteiger partial charge < -0.3 is 0 Å². The summed E-state index contributed by atoms with van der Waals surface area (Å²) in [5, 5.41) is -0.228. The molecule has 1 aliphatic rings. The zero-order valence-electron chi connectivity index (χ0n) is 7.77. The summed E-state index contributed by atoms with van der Waals surface area (Å²) in [6, 6.07) is 3.92. The van der Waals surface area contributed by atoms with Crippen molar-refractivity contribution in [1.29, 1.82) is 0 Å². The summed E-state index contributed by atoms with van der Waals surface area (Å²) in [5.41, 5.74) is 0. The van der Waals surface area contributed by atoms with E-state index in [4.69, 9.17) is 11.6 Å². The van der Waals surface area contributed by atoms with Crippen molar-refractivity contribution >= 4 is 22.9 Å². The molecule has 78 valence electrons. The van der Waals surface area contributed by atoms with Gasteiger partial charge in [-0.2, -0.15) is 0 Å². The van der Waals surface area contributed by atoms with Crippen molar-refractivity contribution in [2.24, 2.45) is 5.92 Å². The summed E-state index contributed by atoms with van der Waals surface area (Å²) in [6.07, 6.45) is -0.115. The maximum absolute atomic E-state index is 12.6. The number of thiophene rings is 1. The van der Waals surface area contributed by atoms with Crippen molar-refractivity contribution in [2.45, 2.75) is 31.1 Å². The fourth-order valence-electron chi connectivity index (χ4n) is 1.75. The molecule has 1 aromatic heterocycles. The molecule has 0 amide bonds. The van der Waals surface area contributed by atoms with Crippen LogP contribution in [0, 0.1) is 12.8 Å². The van der Waals surface area contributed by atoms with Crippen LogP contribution in [0.1, 0.15) is 28.0 Å². The van der Waals surface area contributed by atoms with Crippen LogP contribution < -0.4 is 0 Å². The van der Waals surface area contributed by atoms with Crippen LogP contribution in [0.3, 0.4) is 0 Å². The largest absolute Gasteiger partial charge is 0.248 e. The zero-order valence-corrected chi connectivity index (χ0v) is 9.34. The second kappa shape index (κ2) is 3.46. The van der Waals surface area contributed by atoms with E-state index < -0.39 is 5.92 Å². The lowest BCUT2D eigenvalue weighted by Crippen LogP contribution is -2.37. The molecular weight excluding hydrogens is 226 g/mol. The Morgan fingerprint density at radius 2 is 2.14 bits per heavy atom. The zero-order chi connectivity index (χ0) is 10.3. The van der Waals surface area contributed by atoms with Crippen LogP contribution in [0.4, 0.5) is 8.78 Å². The first kappa shape index (κ1) is 10.4. The third-order valence-corrected chi connectivity index (χ3v) is 4.37. The van der Waals surface area contributed by atoms with Crippen molar-refractivity contribution in [3.8, 4) is 0 Å². The lowest BCUT2D eigenvalue weighted by atomic mass is 9.78. The van der Waals surface area contributed by atoms with Gasteiger partial charge in [0.05, 0.1) is 5.38 Å². The molecule has 0 N–H and O–H groups in total. The number of alkyl halides is 3. The molecule has 1 heterocycles. The second-order valence-electron chi connectivity index (χ2n) is 3.87. The maximum Gasteiger partial charge on any atom is 0.248 e. The Morgan fingerprint density at radius 1 is 1.50 bits per heavy atom. The first-order valence-electron chi connectivity index (χ1n) is 4.56. The average Bonchev–Trinajstić information content (AvgIpc) is 2.46. The fraction of sp³-hybridized carbons (Fsp3) is 0.600. The van der Waals surface area contributed by atoms with Crippen LogP contribution in [0.25, 0.3) is 0 Å². The van der Waals surface area contributed by atoms with Crippen molar-refractivity contribution in [1.82, 2.24) is 0 Å². The third-order valence-electron chi connectivity index (χ3n) is 2.57. The predicted octanol–water partition coefficient (Wildman–Crippen LogP) is 4.38. The van der Waals surface area contributed by atoms with E-state index in [-0.39, 0.29) is 24.1 Å². The molecular formula is C10H11ClF2S. The van der Waals surface area contributed by atoms with Gasteiger partial charge in [-0.15, -0.1) is 22.9 Å². The molecule has 1 unspecified atom stereocenters. The van der Waals surface area contributed by atoms with Crippen LogP contribution in [0.15, 0.2) is 12.1 Å². The van der Waals surface area contributed by atoms with Gasteiger partial charge in [-0.1, -0.05) is 0 Å². The van der Waals surface area contributed by atoms with E-state index in [9.17, 15) is 8.78 Å². The highest BCUT2D eigenvalue weighted by molar-refractivity contribution is 7.12. The van der Waals surface area contributed by atoms with Crippen LogP contribution in [0.5, 0.6) is 0 Å². The fourth-order valence-corrected chi connectivity index (χ4v) is 3.08. The van der Waals surface area contributed by atoms with Gasteiger partial charge in [0, 0.05) is 22.6 Å². The molecule has 14 heavy (non-hydrogen) atoms. The van der Waals surface area contributed by atoms with Crippen LogP contribution in [-0.4, -0.2) is 5.92 Å². The highest BCUT2D eigenvalue weighted by Gasteiger charge is 2.48. The SMILES string of the molecule is Cc1ccc(C(Cl)C2CC(F)(F)C2)s1. The topological polar surface area (TPSA) is 0 Å². The molecule has 0 spiro atoms. The molecule has 1 aliphatic carbocycles. The monoisotopic (exact) mass is 236 g/mol. The first-order chi connectivity index (χ1) is 6.48. The predicted molar refractivity (Wildman–Crippen MR) is 55.3 cm³/mol. The van der Waals surface area contributed by atoms with Crippen molar-refractivity contribution in [2.75, 3.05) is 0 Å². The minimum atomic E-state index is -2.47. The van der Waals surface area contributed by atoms with E-state index in [1.165, 1.54) is 4.88 Å². The molecule has 1 atom stereocenters. The van der Waals surface area contributed by atoms with Gasteiger partial charge in [0.2, 0.25) is 5.92 Å². The van der Waals surface area contributed by atoms with Crippen LogP contribution in [0.2, 0.25) is 0 Å². The summed E-state index contributed by atoms with van der Waals surface area (Å²) >= 11 is 7.72. The minimum Gasteiger partial charge on any atom is -0.207 e. The number of halogens is 3.